The maximum absolute atomic E-state index is 5.86. The number of halogens is 1. The van der Waals surface area contributed by atoms with Gasteiger partial charge in [-0.05, 0) is 46.8 Å². The first-order valence-corrected chi connectivity index (χ1v) is 8.85. The summed E-state index contributed by atoms with van der Waals surface area (Å²) in [6, 6.07) is 6.22. The van der Waals surface area contributed by atoms with E-state index in [9.17, 15) is 0 Å². The number of rotatable bonds is 4. The van der Waals surface area contributed by atoms with E-state index in [1.165, 1.54) is 0 Å². The van der Waals surface area contributed by atoms with Gasteiger partial charge in [-0.25, -0.2) is 0 Å². The predicted octanol–water partition coefficient (Wildman–Crippen LogP) is 4.19. The van der Waals surface area contributed by atoms with Crippen molar-refractivity contribution in [3.63, 3.8) is 0 Å². The van der Waals surface area contributed by atoms with Crippen molar-refractivity contribution >= 4 is 50.8 Å². The van der Waals surface area contributed by atoms with Gasteiger partial charge in [0, 0.05) is 15.4 Å². The average molecular weight is 362 g/mol. The molecule has 2 rings (SSSR count). The topological polar surface area (TPSA) is 51.8 Å². The summed E-state index contributed by atoms with van der Waals surface area (Å²) in [5.74, 6) is 0. The van der Waals surface area contributed by atoms with Crippen molar-refractivity contribution in [2.45, 2.75) is 26.5 Å². The summed E-state index contributed by atoms with van der Waals surface area (Å²) >= 11 is 8.41. The molecule has 0 amide bonds. The first-order valence-electron chi connectivity index (χ1n) is 5.20. The largest absolute Gasteiger partial charge is 0.324 e. The van der Waals surface area contributed by atoms with Gasteiger partial charge in [0.1, 0.15) is 0 Å². The molecule has 0 unspecified atom stereocenters. The van der Waals surface area contributed by atoms with Gasteiger partial charge < -0.3 is 5.73 Å². The van der Waals surface area contributed by atoms with Crippen LogP contribution in [0.15, 0.2) is 36.2 Å². The van der Waals surface area contributed by atoms with Crippen molar-refractivity contribution < 1.29 is 0 Å². The molecule has 0 saturated heterocycles. The number of hydrogen-bond donors (Lipinski definition) is 1. The molecule has 3 nitrogen and oxygen atoms in total. The molecule has 0 aliphatic heterocycles. The number of nitrogens with zero attached hydrogens (tertiary/aromatic N) is 2. The van der Waals surface area contributed by atoms with Crippen LogP contribution >= 0.6 is 50.8 Å². The monoisotopic (exact) mass is 361 g/mol. The lowest BCUT2D eigenvalue weighted by Gasteiger charge is -2.08. The summed E-state index contributed by atoms with van der Waals surface area (Å²) in [7, 11) is 0. The normalized spacial score (nSPS) is 12.7. The standard InChI is InChI=1S/C11H12BrN3S3/c1-6(13)7-3-4-9(8(12)5-7)17-11-15-14-10(16-2)18-11/h3-6H,13H2,1-2H3/t6-/m1/s1. The minimum Gasteiger partial charge on any atom is -0.324 e. The second-order valence-corrected chi connectivity index (χ2v) is 7.79. The first-order chi connectivity index (χ1) is 8.60. The lowest BCUT2D eigenvalue weighted by molar-refractivity contribution is 0.815. The summed E-state index contributed by atoms with van der Waals surface area (Å²) in [6.07, 6.45) is 2.00. The lowest BCUT2D eigenvalue weighted by atomic mass is 10.1. The molecule has 0 fully saturated rings. The molecule has 7 heteroatoms. The molecule has 1 atom stereocenters. The van der Waals surface area contributed by atoms with E-state index in [2.05, 4.69) is 38.3 Å². The summed E-state index contributed by atoms with van der Waals surface area (Å²) in [4.78, 5) is 1.13. The van der Waals surface area contributed by atoms with Gasteiger partial charge in [0.15, 0.2) is 8.68 Å². The van der Waals surface area contributed by atoms with Crippen LogP contribution < -0.4 is 5.73 Å². The second-order valence-electron chi connectivity index (χ2n) is 3.62. The first kappa shape index (κ1) is 14.3. The fourth-order valence-corrected chi connectivity index (χ4v) is 4.34. The molecule has 1 heterocycles. The predicted molar refractivity (Wildman–Crippen MR) is 82.6 cm³/mol. The third-order valence-corrected chi connectivity index (χ3v) is 6.19. The molecule has 18 heavy (non-hydrogen) atoms. The van der Waals surface area contributed by atoms with Crippen LogP contribution in [0.5, 0.6) is 0 Å². The van der Waals surface area contributed by atoms with Crippen molar-refractivity contribution in [3.05, 3.63) is 28.2 Å². The highest BCUT2D eigenvalue weighted by molar-refractivity contribution is 9.10. The molecule has 2 N–H and O–H groups in total. The third-order valence-electron chi connectivity index (χ3n) is 2.24. The molecule has 0 aliphatic carbocycles. The number of benzene rings is 1. The van der Waals surface area contributed by atoms with Crippen molar-refractivity contribution in [3.8, 4) is 0 Å². The van der Waals surface area contributed by atoms with Gasteiger partial charge >= 0.3 is 0 Å². The van der Waals surface area contributed by atoms with Crippen LogP contribution in [-0.2, 0) is 0 Å². The van der Waals surface area contributed by atoms with E-state index in [1.807, 2.05) is 19.2 Å². The average Bonchev–Trinajstić information content (AvgIpc) is 2.79. The molecule has 0 bridgehead atoms. The molecular formula is C11H12BrN3S3. The zero-order valence-corrected chi connectivity index (χ0v) is 13.9. The Morgan fingerprint density at radius 3 is 2.61 bits per heavy atom. The molecule has 1 aromatic heterocycles. The van der Waals surface area contributed by atoms with E-state index in [0.717, 1.165) is 23.6 Å². The number of nitrogens with two attached hydrogens (primary N) is 1. The third kappa shape index (κ3) is 3.48. The quantitative estimate of drug-likeness (QED) is 0.827. The number of thioether (sulfide) groups is 1. The van der Waals surface area contributed by atoms with Crippen LogP contribution in [-0.4, -0.2) is 16.5 Å². The van der Waals surface area contributed by atoms with Gasteiger partial charge in [0.25, 0.3) is 0 Å². The molecule has 0 radical (unpaired) electrons. The van der Waals surface area contributed by atoms with Gasteiger partial charge in [0.05, 0.1) is 0 Å². The Balaban J connectivity index is 2.19. The number of aromatic nitrogens is 2. The molecule has 0 saturated carbocycles. The van der Waals surface area contributed by atoms with E-state index >= 15 is 0 Å². The van der Waals surface area contributed by atoms with Crippen molar-refractivity contribution in [2.75, 3.05) is 6.26 Å². The second kappa shape index (κ2) is 6.38. The van der Waals surface area contributed by atoms with Gasteiger partial charge in [0.2, 0.25) is 0 Å². The Labute approximate surface area is 127 Å². The van der Waals surface area contributed by atoms with Crippen LogP contribution in [0.4, 0.5) is 0 Å². The summed E-state index contributed by atoms with van der Waals surface area (Å²) in [5, 5.41) is 8.23. The molecule has 0 spiro atoms. The molecule has 1 aromatic carbocycles. The van der Waals surface area contributed by atoms with Gasteiger partial charge in [-0.1, -0.05) is 40.9 Å². The smallest absolute Gasteiger partial charge is 0.179 e. The van der Waals surface area contributed by atoms with E-state index in [1.54, 1.807) is 34.9 Å². The van der Waals surface area contributed by atoms with Crippen molar-refractivity contribution in [1.29, 1.82) is 0 Å². The SMILES string of the molecule is CSc1nnc(Sc2ccc([C@@H](C)N)cc2Br)s1. The molecule has 96 valence electrons. The van der Waals surface area contributed by atoms with E-state index in [-0.39, 0.29) is 6.04 Å². The maximum Gasteiger partial charge on any atom is 0.179 e. The summed E-state index contributed by atoms with van der Waals surface area (Å²) in [6.45, 7) is 1.98. The van der Waals surface area contributed by atoms with Crippen molar-refractivity contribution in [1.82, 2.24) is 10.2 Å². The Bertz CT molecular complexity index is 542. The molecular weight excluding hydrogens is 350 g/mol. The van der Waals surface area contributed by atoms with Gasteiger partial charge in [-0.3, -0.25) is 0 Å². The van der Waals surface area contributed by atoms with E-state index in [4.69, 9.17) is 5.73 Å². The Kier molecular flexibility index (Phi) is 5.08. The summed E-state index contributed by atoms with van der Waals surface area (Å²) in [5.41, 5.74) is 6.97. The Hall–Kier alpha value is -0.0800. The van der Waals surface area contributed by atoms with Crippen molar-refractivity contribution in [2.24, 2.45) is 5.73 Å². The molecule has 0 aliphatic rings. The van der Waals surface area contributed by atoms with E-state index < -0.39 is 0 Å². The maximum atomic E-state index is 5.86. The highest BCUT2D eigenvalue weighted by atomic mass is 79.9. The minimum absolute atomic E-state index is 0.0463. The van der Waals surface area contributed by atoms with E-state index in [0.29, 0.717) is 0 Å². The fourth-order valence-electron chi connectivity index (χ4n) is 1.30. The minimum atomic E-state index is 0.0463. The Morgan fingerprint density at radius 1 is 1.33 bits per heavy atom. The Morgan fingerprint density at radius 2 is 2.06 bits per heavy atom. The van der Waals surface area contributed by atoms with Crippen LogP contribution in [0.1, 0.15) is 18.5 Å². The summed E-state index contributed by atoms with van der Waals surface area (Å²) < 4.78 is 2.98. The van der Waals surface area contributed by atoms with Crippen LogP contribution in [0, 0.1) is 0 Å². The van der Waals surface area contributed by atoms with Crippen LogP contribution in [0.2, 0.25) is 0 Å². The lowest BCUT2D eigenvalue weighted by Crippen LogP contribution is -2.04. The molecule has 2 aromatic rings. The zero-order valence-electron chi connectivity index (χ0n) is 9.88. The number of hydrogen-bond acceptors (Lipinski definition) is 6. The van der Waals surface area contributed by atoms with Crippen LogP contribution in [0.25, 0.3) is 0 Å². The fraction of sp³-hybridized carbons (Fsp3) is 0.273. The highest BCUT2D eigenvalue weighted by Gasteiger charge is 2.09. The van der Waals surface area contributed by atoms with Crippen LogP contribution in [0.3, 0.4) is 0 Å². The highest BCUT2D eigenvalue weighted by Crippen LogP contribution is 2.37. The van der Waals surface area contributed by atoms with Gasteiger partial charge in [-0.2, -0.15) is 0 Å². The zero-order chi connectivity index (χ0) is 13.1. The van der Waals surface area contributed by atoms with Gasteiger partial charge in [-0.15, -0.1) is 10.2 Å².